The van der Waals surface area contributed by atoms with Crippen molar-refractivity contribution in [1.82, 2.24) is 4.90 Å². The van der Waals surface area contributed by atoms with Gasteiger partial charge in [-0.3, -0.25) is 9.59 Å². The van der Waals surface area contributed by atoms with Gasteiger partial charge in [0.2, 0.25) is 0 Å². The van der Waals surface area contributed by atoms with E-state index in [0.717, 1.165) is 29.7 Å². The zero-order chi connectivity index (χ0) is 24.4. The van der Waals surface area contributed by atoms with E-state index in [4.69, 9.17) is 4.74 Å². The Balaban J connectivity index is 1.25. The highest BCUT2D eigenvalue weighted by atomic mass is 16.5. The Hall–Kier alpha value is -4.13. The molecule has 1 atom stereocenters. The van der Waals surface area contributed by atoms with Crippen molar-refractivity contribution in [2.24, 2.45) is 0 Å². The third-order valence-corrected chi connectivity index (χ3v) is 6.46. The van der Waals surface area contributed by atoms with Crippen LogP contribution in [0.25, 0.3) is 0 Å². The number of unbranched alkanes of at least 4 members (excludes halogenated alkanes) is 1. The van der Waals surface area contributed by atoms with Crippen molar-refractivity contribution in [1.29, 1.82) is 0 Å². The number of benzene rings is 3. The molecule has 0 bridgehead atoms. The second-order valence-corrected chi connectivity index (χ2v) is 8.80. The van der Waals surface area contributed by atoms with E-state index in [-0.39, 0.29) is 17.8 Å². The molecular weight excluding hydrogens is 442 g/mol. The molecule has 0 radical (unpaired) electrons. The summed E-state index contributed by atoms with van der Waals surface area (Å²) in [6.07, 6.45) is 2.58. The van der Waals surface area contributed by atoms with Gasteiger partial charge in [-0.2, -0.15) is 0 Å². The van der Waals surface area contributed by atoms with E-state index in [1.807, 2.05) is 36.4 Å². The molecule has 7 heteroatoms. The van der Waals surface area contributed by atoms with Crippen molar-refractivity contribution >= 4 is 29.2 Å². The van der Waals surface area contributed by atoms with Crippen molar-refractivity contribution in [3.05, 3.63) is 89.5 Å². The number of fused-ring (bicyclic) bond motifs is 2. The molecule has 35 heavy (non-hydrogen) atoms. The number of ether oxygens (including phenoxy) is 1. The number of nitrogens with one attached hydrogen (secondary N) is 1. The Morgan fingerprint density at radius 3 is 2.40 bits per heavy atom. The molecule has 4 amide bonds. The minimum absolute atomic E-state index is 0.233. The monoisotopic (exact) mass is 469 g/mol. The van der Waals surface area contributed by atoms with Crippen LogP contribution in [-0.4, -0.2) is 35.4 Å². The number of carbonyl (C=O) groups excluding carboxylic acids is 3. The lowest BCUT2D eigenvalue weighted by molar-refractivity contribution is -0.120. The number of anilines is 2. The molecule has 7 nitrogen and oxygen atoms in total. The van der Waals surface area contributed by atoms with Crippen LogP contribution in [0.4, 0.5) is 16.2 Å². The molecule has 2 aliphatic heterocycles. The number of amides is 4. The lowest BCUT2D eigenvalue weighted by Gasteiger charge is -2.28. The summed E-state index contributed by atoms with van der Waals surface area (Å²) in [7, 11) is 0. The minimum Gasteiger partial charge on any atom is -0.494 e. The molecule has 0 saturated carbocycles. The summed E-state index contributed by atoms with van der Waals surface area (Å²) < 4.78 is 5.65. The third kappa shape index (κ3) is 4.49. The average Bonchev–Trinajstić information content (AvgIpc) is 3.13. The fourth-order valence-electron chi connectivity index (χ4n) is 4.49. The predicted molar refractivity (Wildman–Crippen MR) is 134 cm³/mol. The second-order valence-electron chi connectivity index (χ2n) is 8.80. The van der Waals surface area contributed by atoms with E-state index in [1.165, 1.54) is 4.90 Å². The van der Waals surface area contributed by atoms with Gasteiger partial charge in [0.05, 0.1) is 12.3 Å². The van der Waals surface area contributed by atoms with Gasteiger partial charge in [-0.05, 0) is 66.1 Å². The summed E-state index contributed by atoms with van der Waals surface area (Å²) in [6, 6.07) is 20.8. The van der Waals surface area contributed by atoms with Crippen LogP contribution in [0, 0.1) is 0 Å². The highest BCUT2D eigenvalue weighted by molar-refractivity contribution is 6.21. The van der Waals surface area contributed by atoms with E-state index in [9.17, 15) is 14.4 Å². The Morgan fingerprint density at radius 2 is 1.69 bits per heavy atom. The van der Waals surface area contributed by atoms with E-state index in [1.54, 1.807) is 41.3 Å². The van der Waals surface area contributed by atoms with Crippen molar-refractivity contribution in [2.75, 3.05) is 16.8 Å². The maximum Gasteiger partial charge on any atom is 0.332 e. The number of imide groups is 1. The van der Waals surface area contributed by atoms with Gasteiger partial charge in [0.1, 0.15) is 11.8 Å². The summed E-state index contributed by atoms with van der Waals surface area (Å²) in [4.78, 5) is 41.7. The number of rotatable bonds is 7. The van der Waals surface area contributed by atoms with Gasteiger partial charge in [0.25, 0.3) is 11.8 Å². The number of carbonyl (C=O) groups is 3. The summed E-state index contributed by atoms with van der Waals surface area (Å²) in [5, 5.41) is 2.86. The zero-order valence-electron chi connectivity index (χ0n) is 19.6. The largest absolute Gasteiger partial charge is 0.494 e. The Labute approximate surface area is 204 Å². The summed E-state index contributed by atoms with van der Waals surface area (Å²) >= 11 is 0. The quantitative estimate of drug-likeness (QED) is 0.390. The molecule has 1 saturated heterocycles. The normalized spacial score (nSPS) is 16.7. The molecule has 0 spiro atoms. The van der Waals surface area contributed by atoms with Crippen LogP contribution in [0.1, 0.15) is 41.3 Å². The molecule has 2 heterocycles. The Kier molecular flexibility index (Phi) is 6.23. The molecule has 5 rings (SSSR count). The lowest BCUT2D eigenvalue weighted by atomic mass is 9.95. The fraction of sp³-hybridized carbons (Fsp3) is 0.250. The second kappa shape index (κ2) is 9.62. The molecule has 0 aromatic heterocycles. The van der Waals surface area contributed by atoms with Crippen molar-refractivity contribution < 1.29 is 19.1 Å². The SMILES string of the molecule is CCCCOc1ccc(NC(=O)c2ccc(N3C(=O)[C@@H]4Cc5ccccc5CN4C3=O)cc2)cc1. The van der Waals surface area contributed by atoms with Gasteiger partial charge in [-0.1, -0.05) is 37.6 Å². The molecule has 2 aliphatic rings. The Morgan fingerprint density at radius 1 is 0.971 bits per heavy atom. The first-order chi connectivity index (χ1) is 17.0. The molecule has 0 unspecified atom stereocenters. The molecule has 0 aliphatic carbocycles. The number of hydrogen-bond donors (Lipinski definition) is 1. The number of hydrogen-bond acceptors (Lipinski definition) is 4. The molecule has 1 fully saturated rings. The maximum atomic E-state index is 13.1. The smallest absolute Gasteiger partial charge is 0.332 e. The maximum absolute atomic E-state index is 13.1. The molecule has 3 aromatic carbocycles. The first-order valence-corrected chi connectivity index (χ1v) is 11.9. The van der Waals surface area contributed by atoms with Crippen molar-refractivity contribution in [2.45, 2.75) is 38.8 Å². The van der Waals surface area contributed by atoms with E-state index in [2.05, 4.69) is 12.2 Å². The van der Waals surface area contributed by atoms with Crippen LogP contribution in [0.5, 0.6) is 5.75 Å². The lowest BCUT2D eigenvalue weighted by Crippen LogP contribution is -2.39. The van der Waals surface area contributed by atoms with E-state index in [0.29, 0.717) is 36.5 Å². The molecule has 3 aromatic rings. The number of nitrogens with zero attached hydrogens (tertiary/aromatic N) is 2. The van der Waals surface area contributed by atoms with Crippen molar-refractivity contribution in [3.63, 3.8) is 0 Å². The van der Waals surface area contributed by atoms with Crippen LogP contribution in [0.2, 0.25) is 0 Å². The topological polar surface area (TPSA) is 79.0 Å². The standard InChI is InChI=1S/C28H27N3O4/c1-2-3-16-35-24-14-10-22(11-15-24)29-26(32)19-8-12-23(13-9-19)31-27(33)25-17-20-6-4-5-7-21(20)18-30(25)28(31)34/h4-15,25H,2-3,16-18H2,1H3,(H,29,32)/t25-/m0/s1. The first-order valence-electron chi connectivity index (χ1n) is 11.9. The fourth-order valence-corrected chi connectivity index (χ4v) is 4.49. The summed E-state index contributed by atoms with van der Waals surface area (Å²) in [5.74, 6) is 0.256. The number of urea groups is 1. The third-order valence-electron chi connectivity index (χ3n) is 6.46. The van der Waals surface area contributed by atoms with E-state index >= 15 is 0 Å². The van der Waals surface area contributed by atoms with Gasteiger partial charge in [-0.15, -0.1) is 0 Å². The van der Waals surface area contributed by atoms with Crippen LogP contribution >= 0.6 is 0 Å². The van der Waals surface area contributed by atoms with Gasteiger partial charge in [0, 0.05) is 24.2 Å². The van der Waals surface area contributed by atoms with Gasteiger partial charge in [-0.25, -0.2) is 9.69 Å². The molecule has 178 valence electrons. The van der Waals surface area contributed by atoms with Crippen LogP contribution in [0.3, 0.4) is 0 Å². The highest BCUT2D eigenvalue weighted by Crippen LogP contribution is 2.33. The zero-order valence-corrected chi connectivity index (χ0v) is 19.6. The molecule has 1 N–H and O–H groups in total. The van der Waals surface area contributed by atoms with Crippen LogP contribution in [-0.2, 0) is 17.8 Å². The first kappa shape index (κ1) is 22.7. The van der Waals surface area contributed by atoms with Crippen molar-refractivity contribution in [3.8, 4) is 5.75 Å². The highest BCUT2D eigenvalue weighted by Gasteiger charge is 2.47. The van der Waals surface area contributed by atoms with Crippen LogP contribution < -0.4 is 15.0 Å². The average molecular weight is 470 g/mol. The predicted octanol–water partition coefficient (Wildman–Crippen LogP) is 5.01. The Bertz CT molecular complexity index is 1210. The molecular formula is C28H27N3O4. The van der Waals surface area contributed by atoms with E-state index < -0.39 is 6.04 Å². The summed E-state index contributed by atoms with van der Waals surface area (Å²) in [5.41, 5.74) is 3.72. The summed E-state index contributed by atoms with van der Waals surface area (Å²) in [6.45, 7) is 3.20. The minimum atomic E-state index is -0.491. The van der Waals surface area contributed by atoms with Gasteiger partial charge < -0.3 is 15.0 Å². The van der Waals surface area contributed by atoms with Crippen LogP contribution in [0.15, 0.2) is 72.8 Å². The van der Waals surface area contributed by atoms with Gasteiger partial charge >= 0.3 is 6.03 Å². The van der Waals surface area contributed by atoms with Gasteiger partial charge in [0.15, 0.2) is 0 Å².